The third-order valence-corrected chi connectivity index (χ3v) is 4.62. The largest absolute Gasteiger partial charge is 0.449 e. The average Bonchev–Trinajstić information content (AvgIpc) is 2.62. The summed E-state index contributed by atoms with van der Waals surface area (Å²) < 4.78 is 5.13. The number of ether oxygens (including phenoxy) is 1. The number of rotatable bonds is 6. The van der Waals surface area contributed by atoms with Gasteiger partial charge in [0.2, 0.25) is 0 Å². The zero-order valence-electron chi connectivity index (χ0n) is 15.0. The minimum absolute atomic E-state index is 0.0213. The molecule has 1 amide bonds. The van der Waals surface area contributed by atoms with Crippen LogP contribution in [0.1, 0.15) is 45.1 Å². The van der Waals surface area contributed by atoms with E-state index in [0.717, 1.165) is 19.3 Å². The molecule has 1 saturated carbocycles. The summed E-state index contributed by atoms with van der Waals surface area (Å²) in [6, 6.07) is 5.90. The number of esters is 1. The van der Waals surface area contributed by atoms with E-state index in [0.29, 0.717) is 11.5 Å². The van der Waals surface area contributed by atoms with Crippen LogP contribution in [0.3, 0.4) is 0 Å². The number of nitro groups is 1. The SMILES string of the molecule is CC(OC(=O)/C=C/c1ccc([N+](=O)[O-])cc1)C(=O)NC1CCCCC1C. The van der Waals surface area contributed by atoms with Crippen molar-refractivity contribution in [3.8, 4) is 0 Å². The Bertz CT molecular complexity index is 684. The molecule has 1 aromatic rings. The number of hydrogen-bond acceptors (Lipinski definition) is 5. The van der Waals surface area contributed by atoms with Gasteiger partial charge in [0.05, 0.1) is 4.92 Å². The van der Waals surface area contributed by atoms with Gasteiger partial charge >= 0.3 is 5.97 Å². The molecule has 7 nitrogen and oxygen atoms in total. The average molecular weight is 360 g/mol. The number of nitrogens with zero attached hydrogens (tertiary/aromatic N) is 1. The predicted octanol–water partition coefficient (Wildman–Crippen LogP) is 3.23. The zero-order valence-corrected chi connectivity index (χ0v) is 15.0. The van der Waals surface area contributed by atoms with Gasteiger partial charge in [0, 0.05) is 24.3 Å². The molecule has 1 aromatic carbocycles. The first-order chi connectivity index (χ1) is 12.4. The highest BCUT2D eigenvalue weighted by Gasteiger charge is 2.25. The van der Waals surface area contributed by atoms with Crippen molar-refractivity contribution in [2.24, 2.45) is 5.92 Å². The molecule has 2 rings (SSSR count). The first kappa shape index (κ1) is 19.6. The summed E-state index contributed by atoms with van der Waals surface area (Å²) in [5.74, 6) is -0.499. The van der Waals surface area contributed by atoms with Crippen molar-refractivity contribution >= 4 is 23.6 Å². The van der Waals surface area contributed by atoms with Crippen molar-refractivity contribution in [1.29, 1.82) is 0 Å². The number of amides is 1. The van der Waals surface area contributed by atoms with E-state index in [1.807, 2.05) is 0 Å². The summed E-state index contributed by atoms with van der Waals surface area (Å²) in [5, 5.41) is 13.6. The molecule has 0 aliphatic heterocycles. The van der Waals surface area contributed by atoms with Gasteiger partial charge in [-0.15, -0.1) is 0 Å². The van der Waals surface area contributed by atoms with E-state index < -0.39 is 17.0 Å². The molecule has 0 saturated heterocycles. The molecule has 0 bridgehead atoms. The molecular formula is C19H24N2O5. The number of nitrogens with one attached hydrogen (secondary N) is 1. The number of nitro benzene ring substituents is 1. The minimum atomic E-state index is -0.877. The van der Waals surface area contributed by atoms with E-state index >= 15 is 0 Å². The van der Waals surface area contributed by atoms with Gasteiger partial charge in [-0.2, -0.15) is 0 Å². The molecule has 140 valence electrons. The van der Waals surface area contributed by atoms with Crippen LogP contribution in [0.5, 0.6) is 0 Å². The van der Waals surface area contributed by atoms with E-state index in [-0.39, 0.29) is 17.6 Å². The lowest BCUT2D eigenvalue weighted by molar-refractivity contribution is -0.384. The maximum atomic E-state index is 12.2. The van der Waals surface area contributed by atoms with Crippen LogP contribution in [-0.4, -0.2) is 28.9 Å². The Morgan fingerprint density at radius 1 is 1.27 bits per heavy atom. The van der Waals surface area contributed by atoms with Gasteiger partial charge in [-0.3, -0.25) is 14.9 Å². The fraction of sp³-hybridized carbons (Fsp3) is 0.474. The highest BCUT2D eigenvalue weighted by molar-refractivity contribution is 5.90. The van der Waals surface area contributed by atoms with Crippen LogP contribution < -0.4 is 5.32 Å². The lowest BCUT2D eigenvalue weighted by Gasteiger charge is -2.30. The van der Waals surface area contributed by atoms with Gasteiger partial charge in [-0.05, 0) is 49.5 Å². The normalized spacial score (nSPS) is 21.2. The van der Waals surface area contributed by atoms with Crippen LogP contribution in [0.4, 0.5) is 5.69 Å². The maximum Gasteiger partial charge on any atom is 0.331 e. The smallest absolute Gasteiger partial charge is 0.331 e. The Labute approximate surface area is 152 Å². The summed E-state index contributed by atoms with van der Waals surface area (Å²) in [4.78, 5) is 34.2. The molecule has 1 fully saturated rings. The fourth-order valence-electron chi connectivity index (χ4n) is 2.97. The van der Waals surface area contributed by atoms with E-state index in [9.17, 15) is 19.7 Å². The minimum Gasteiger partial charge on any atom is -0.449 e. The number of benzene rings is 1. The molecule has 0 heterocycles. The Kier molecular flexibility index (Phi) is 6.89. The first-order valence-electron chi connectivity index (χ1n) is 8.80. The third-order valence-electron chi connectivity index (χ3n) is 4.62. The molecular weight excluding hydrogens is 336 g/mol. The third kappa shape index (κ3) is 5.68. The molecule has 3 unspecified atom stereocenters. The molecule has 0 spiro atoms. The maximum absolute atomic E-state index is 12.2. The Balaban J connectivity index is 1.83. The second-order valence-electron chi connectivity index (χ2n) is 6.64. The van der Waals surface area contributed by atoms with Crippen molar-refractivity contribution in [3.05, 3.63) is 46.0 Å². The Morgan fingerprint density at radius 3 is 2.54 bits per heavy atom. The van der Waals surface area contributed by atoms with E-state index in [2.05, 4.69) is 12.2 Å². The number of hydrogen-bond donors (Lipinski definition) is 1. The topological polar surface area (TPSA) is 98.5 Å². The highest BCUT2D eigenvalue weighted by Crippen LogP contribution is 2.23. The lowest BCUT2D eigenvalue weighted by atomic mass is 9.86. The van der Waals surface area contributed by atoms with Crippen LogP contribution in [-0.2, 0) is 14.3 Å². The number of carbonyl (C=O) groups is 2. The molecule has 1 aliphatic carbocycles. The van der Waals surface area contributed by atoms with Gasteiger partial charge in [0.1, 0.15) is 0 Å². The van der Waals surface area contributed by atoms with Crippen molar-refractivity contribution in [2.45, 2.75) is 51.7 Å². The second kappa shape index (κ2) is 9.12. The summed E-state index contributed by atoms with van der Waals surface area (Å²) in [6.45, 7) is 3.66. The second-order valence-corrected chi connectivity index (χ2v) is 6.64. The molecule has 7 heteroatoms. The summed E-state index contributed by atoms with van der Waals surface area (Å²) in [7, 11) is 0. The van der Waals surface area contributed by atoms with Crippen LogP contribution >= 0.6 is 0 Å². The van der Waals surface area contributed by atoms with Crippen molar-refractivity contribution in [1.82, 2.24) is 5.32 Å². The molecule has 1 N–H and O–H groups in total. The molecule has 0 radical (unpaired) electrons. The number of carbonyl (C=O) groups excluding carboxylic acids is 2. The van der Waals surface area contributed by atoms with Crippen LogP contribution in [0.15, 0.2) is 30.3 Å². The van der Waals surface area contributed by atoms with Gasteiger partial charge in [0.15, 0.2) is 6.10 Å². The van der Waals surface area contributed by atoms with Gasteiger partial charge < -0.3 is 10.1 Å². The van der Waals surface area contributed by atoms with Gasteiger partial charge in [-0.25, -0.2) is 4.79 Å². The molecule has 0 aromatic heterocycles. The van der Waals surface area contributed by atoms with Gasteiger partial charge in [-0.1, -0.05) is 19.8 Å². The zero-order chi connectivity index (χ0) is 19.1. The van der Waals surface area contributed by atoms with Crippen molar-refractivity contribution in [2.75, 3.05) is 0 Å². The Hall–Kier alpha value is -2.70. The fourth-order valence-corrected chi connectivity index (χ4v) is 2.97. The van der Waals surface area contributed by atoms with Crippen LogP contribution in [0, 0.1) is 16.0 Å². The van der Waals surface area contributed by atoms with Gasteiger partial charge in [0.25, 0.3) is 11.6 Å². The summed E-state index contributed by atoms with van der Waals surface area (Å²) >= 11 is 0. The van der Waals surface area contributed by atoms with E-state index in [1.165, 1.54) is 42.8 Å². The quantitative estimate of drug-likeness (QED) is 0.363. The molecule has 1 aliphatic rings. The summed E-state index contributed by atoms with van der Waals surface area (Å²) in [6.07, 6.45) is 6.14. The standard InChI is InChI=1S/C19H24N2O5/c1-13-5-3-4-6-17(13)20-19(23)14(2)26-18(22)12-9-15-7-10-16(11-8-15)21(24)25/h7-14,17H,3-6H2,1-2H3,(H,20,23)/b12-9+. The van der Waals surface area contributed by atoms with E-state index in [4.69, 9.17) is 4.74 Å². The van der Waals surface area contributed by atoms with Crippen LogP contribution in [0.2, 0.25) is 0 Å². The van der Waals surface area contributed by atoms with Crippen LogP contribution in [0.25, 0.3) is 6.08 Å². The molecule has 3 atom stereocenters. The monoisotopic (exact) mass is 360 g/mol. The summed E-state index contributed by atoms with van der Waals surface area (Å²) in [5.41, 5.74) is 0.604. The first-order valence-corrected chi connectivity index (χ1v) is 8.80. The Morgan fingerprint density at radius 2 is 1.92 bits per heavy atom. The lowest BCUT2D eigenvalue weighted by Crippen LogP contribution is -2.45. The highest BCUT2D eigenvalue weighted by atomic mass is 16.6. The van der Waals surface area contributed by atoms with Crippen molar-refractivity contribution < 1.29 is 19.2 Å². The van der Waals surface area contributed by atoms with E-state index in [1.54, 1.807) is 6.92 Å². The molecule has 26 heavy (non-hydrogen) atoms. The predicted molar refractivity (Wildman–Crippen MR) is 97.2 cm³/mol. The van der Waals surface area contributed by atoms with Crippen molar-refractivity contribution in [3.63, 3.8) is 0 Å². The number of non-ortho nitro benzene ring substituents is 1.